The Morgan fingerprint density at radius 3 is 2.73 bits per heavy atom. The van der Waals surface area contributed by atoms with E-state index in [0.717, 1.165) is 0 Å². The first-order valence-corrected chi connectivity index (χ1v) is 4.62. The Hall–Kier alpha value is -1.78. The summed E-state index contributed by atoms with van der Waals surface area (Å²) in [4.78, 5) is 15.1. The number of pyridine rings is 1. The van der Waals surface area contributed by atoms with Gasteiger partial charge < -0.3 is 4.74 Å². The minimum absolute atomic E-state index is 0.499. The number of nitrogens with one attached hydrogen (secondary N) is 2. The summed E-state index contributed by atoms with van der Waals surface area (Å²) in [6.45, 7) is 5.41. The highest BCUT2D eigenvalue weighted by molar-refractivity contribution is 5.69. The Balaban J connectivity index is 2.35. The number of rotatable bonds is 2. The lowest BCUT2D eigenvalue weighted by Gasteiger charge is -2.19. The molecule has 1 rings (SSSR count). The maximum atomic E-state index is 11.2. The second-order valence-corrected chi connectivity index (χ2v) is 3.99. The van der Waals surface area contributed by atoms with E-state index < -0.39 is 11.7 Å². The largest absolute Gasteiger partial charge is 0.443 e. The predicted molar refractivity (Wildman–Crippen MR) is 57.2 cm³/mol. The third kappa shape index (κ3) is 4.85. The molecule has 0 saturated heterocycles. The molecule has 0 aliphatic rings. The van der Waals surface area contributed by atoms with Crippen LogP contribution >= 0.6 is 0 Å². The number of hydrogen-bond acceptors (Lipinski definition) is 4. The molecule has 0 spiro atoms. The molecule has 1 heterocycles. The molecule has 1 aromatic rings. The molecule has 0 unspecified atom stereocenters. The lowest BCUT2D eigenvalue weighted by molar-refractivity contribution is 0.0541. The van der Waals surface area contributed by atoms with E-state index >= 15 is 0 Å². The van der Waals surface area contributed by atoms with Crippen LogP contribution < -0.4 is 10.9 Å². The van der Waals surface area contributed by atoms with Gasteiger partial charge in [0.25, 0.3) is 0 Å². The molecule has 0 saturated carbocycles. The molecule has 5 heteroatoms. The summed E-state index contributed by atoms with van der Waals surface area (Å²) in [5.41, 5.74) is 5.28. The lowest BCUT2D eigenvalue weighted by Crippen LogP contribution is -2.35. The van der Waals surface area contributed by atoms with E-state index in [0.29, 0.717) is 5.69 Å². The topological polar surface area (TPSA) is 63.2 Å². The molecular weight excluding hydrogens is 194 g/mol. The van der Waals surface area contributed by atoms with Crippen molar-refractivity contribution >= 4 is 11.8 Å². The van der Waals surface area contributed by atoms with E-state index in [1.807, 2.05) is 0 Å². The van der Waals surface area contributed by atoms with E-state index in [9.17, 15) is 4.79 Å². The minimum Gasteiger partial charge on any atom is -0.443 e. The van der Waals surface area contributed by atoms with Crippen molar-refractivity contribution in [3.63, 3.8) is 0 Å². The second-order valence-electron chi connectivity index (χ2n) is 3.99. The van der Waals surface area contributed by atoms with E-state index in [4.69, 9.17) is 4.74 Å². The van der Waals surface area contributed by atoms with Crippen molar-refractivity contribution in [2.24, 2.45) is 0 Å². The molecule has 5 nitrogen and oxygen atoms in total. The van der Waals surface area contributed by atoms with Crippen LogP contribution in [-0.4, -0.2) is 16.7 Å². The number of nitrogens with zero attached hydrogens (tertiary/aromatic N) is 1. The average Bonchev–Trinajstić information content (AvgIpc) is 2.14. The van der Waals surface area contributed by atoms with Gasteiger partial charge in [-0.15, -0.1) is 0 Å². The maximum Gasteiger partial charge on any atom is 0.426 e. The van der Waals surface area contributed by atoms with Gasteiger partial charge in [0.2, 0.25) is 0 Å². The lowest BCUT2D eigenvalue weighted by atomic mass is 10.2. The van der Waals surface area contributed by atoms with E-state index in [1.54, 1.807) is 45.3 Å². The smallest absolute Gasteiger partial charge is 0.426 e. The van der Waals surface area contributed by atoms with Crippen molar-refractivity contribution in [3.05, 3.63) is 24.5 Å². The Bertz CT molecular complexity index is 319. The van der Waals surface area contributed by atoms with Gasteiger partial charge in [-0.25, -0.2) is 10.2 Å². The quantitative estimate of drug-likeness (QED) is 0.730. The summed E-state index contributed by atoms with van der Waals surface area (Å²) in [7, 11) is 0. The van der Waals surface area contributed by atoms with Gasteiger partial charge in [-0.1, -0.05) is 0 Å². The van der Waals surface area contributed by atoms with Crippen LogP contribution in [0.15, 0.2) is 24.5 Å². The van der Waals surface area contributed by atoms with Crippen LogP contribution in [0.25, 0.3) is 0 Å². The molecule has 0 radical (unpaired) electrons. The average molecular weight is 209 g/mol. The first-order chi connectivity index (χ1) is 6.97. The van der Waals surface area contributed by atoms with E-state index in [2.05, 4.69) is 15.8 Å². The Labute approximate surface area is 88.8 Å². The molecule has 82 valence electrons. The van der Waals surface area contributed by atoms with Crippen LogP contribution in [0, 0.1) is 0 Å². The third-order valence-corrected chi connectivity index (χ3v) is 1.37. The molecule has 0 bridgehead atoms. The Morgan fingerprint density at radius 1 is 1.47 bits per heavy atom. The zero-order valence-corrected chi connectivity index (χ0v) is 9.07. The highest BCUT2D eigenvalue weighted by Crippen LogP contribution is 2.06. The third-order valence-electron chi connectivity index (χ3n) is 1.37. The summed E-state index contributed by atoms with van der Waals surface area (Å²) >= 11 is 0. The Morgan fingerprint density at radius 2 is 2.20 bits per heavy atom. The molecule has 1 aromatic heterocycles. The van der Waals surface area contributed by atoms with Gasteiger partial charge in [-0.3, -0.25) is 10.4 Å². The van der Waals surface area contributed by atoms with Crippen LogP contribution in [0.5, 0.6) is 0 Å². The van der Waals surface area contributed by atoms with Crippen molar-refractivity contribution in [2.75, 3.05) is 5.43 Å². The zero-order chi connectivity index (χ0) is 11.3. The van der Waals surface area contributed by atoms with E-state index in [-0.39, 0.29) is 0 Å². The highest BCUT2D eigenvalue weighted by Gasteiger charge is 2.15. The molecule has 2 N–H and O–H groups in total. The predicted octanol–water partition coefficient (Wildman–Crippen LogP) is 1.93. The monoisotopic (exact) mass is 209 g/mol. The number of carbonyl (C=O) groups is 1. The van der Waals surface area contributed by atoms with Gasteiger partial charge in [-0.05, 0) is 32.9 Å². The summed E-state index contributed by atoms with van der Waals surface area (Å²) in [5.74, 6) is 0. The van der Waals surface area contributed by atoms with Gasteiger partial charge in [0.1, 0.15) is 5.60 Å². The maximum absolute atomic E-state index is 11.2. The van der Waals surface area contributed by atoms with Crippen molar-refractivity contribution in [1.29, 1.82) is 0 Å². The number of ether oxygens (including phenoxy) is 1. The fourth-order valence-corrected chi connectivity index (χ4v) is 0.864. The first kappa shape index (κ1) is 11.3. The minimum atomic E-state index is -0.522. The number of carbonyl (C=O) groups excluding carboxylic acids is 1. The summed E-state index contributed by atoms with van der Waals surface area (Å²) in [6, 6.07) is 3.55. The van der Waals surface area contributed by atoms with Gasteiger partial charge in [0.05, 0.1) is 11.9 Å². The van der Waals surface area contributed by atoms with Crippen molar-refractivity contribution < 1.29 is 9.53 Å². The molecule has 0 fully saturated rings. The van der Waals surface area contributed by atoms with Crippen LogP contribution in [0.3, 0.4) is 0 Å². The summed E-state index contributed by atoms with van der Waals surface area (Å²) < 4.78 is 5.03. The molecule has 1 amide bonds. The number of aromatic nitrogens is 1. The molecule has 0 aromatic carbocycles. The van der Waals surface area contributed by atoms with E-state index in [1.165, 1.54) is 0 Å². The first-order valence-electron chi connectivity index (χ1n) is 4.62. The standard InChI is InChI=1S/C10H15N3O2/c1-10(2,3)15-9(14)13-12-8-5-4-6-11-7-8/h4-7,12H,1-3H3,(H,13,14). The van der Waals surface area contributed by atoms with Crippen LogP contribution in [0.2, 0.25) is 0 Å². The molecule has 0 aliphatic heterocycles. The molecule has 0 aliphatic carbocycles. The molecular formula is C10H15N3O2. The zero-order valence-electron chi connectivity index (χ0n) is 9.07. The summed E-state index contributed by atoms with van der Waals surface area (Å²) in [6.07, 6.45) is 2.72. The van der Waals surface area contributed by atoms with Crippen LogP contribution in [-0.2, 0) is 4.74 Å². The van der Waals surface area contributed by atoms with Gasteiger partial charge >= 0.3 is 6.09 Å². The van der Waals surface area contributed by atoms with Crippen molar-refractivity contribution in [2.45, 2.75) is 26.4 Å². The molecule has 0 atom stereocenters. The van der Waals surface area contributed by atoms with Crippen molar-refractivity contribution in [3.8, 4) is 0 Å². The van der Waals surface area contributed by atoms with Crippen LogP contribution in [0.1, 0.15) is 20.8 Å². The Kier molecular flexibility index (Phi) is 3.49. The molecule has 15 heavy (non-hydrogen) atoms. The van der Waals surface area contributed by atoms with Gasteiger partial charge in [0.15, 0.2) is 0 Å². The van der Waals surface area contributed by atoms with Crippen molar-refractivity contribution in [1.82, 2.24) is 10.4 Å². The summed E-state index contributed by atoms with van der Waals surface area (Å²) in [5, 5.41) is 0. The van der Waals surface area contributed by atoms with Gasteiger partial charge in [-0.2, -0.15) is 0 Å². The normalized spacial score (nSPS) is 10.6. The van der Waals surface area contributed by atoms with Crippen LogP contribution in [0.4, 0.5) is 10.5 Å². The fourth-order valence-electron chi connectivity index (χ4n) is 0.864. The number of hydrazine groups is 1. The number of amides is 1. The SMILES string of the molecule is CC(C)(C)OC(=O)NNc1cccnc1. The van der Waals surface area contributed by atoms with Gasteiger partial charge in [0, 0.05) is 6.20 Å². The highest BCUT2D eigenvalue weighted by atomic mass is 16.6. The number of hydrogen-bond donors (Lipinski definition) is 2. The second kappa shape index (κ2) is 4.63. The number of anilines is 1. The fraction of sp³-hybridized carbons (Fsp3) is 0.400.